The molecule has 3 unspecified atom stereocenters. The zero-order valence-electron chi connectivity index (χ0n) is 12.6. The van der Waals surface area contributed by atoms with Crippen molar-refractivity contribution in [3.8, 4) is 0 Å². The highest BCUT2D eigenvalue weighted by atomic mass is 16.5. The predicted octanol–water partition coefficient (Wildman–Crippen LogP) is 2.81. The van der Waals surface area contributed by atoms with Crippen molar-refractivity contribution < 1.29 is 9.53 Å². The smallest absolute Gasteiger partial charge is 0.341 e. The normalized spacial score (nSPS) is 25.5. The zero-order valence-corrected chi connectivity index (χ0v) is 12.6. The summed E-state index contributed by atoms with van der Waals surface area (Å²) in [4.78, 5) is 20.3. The molecule has 0 bridgehead atoms. The molecule has 1 N–H and O–H groups in total. The minimum atomic E-state index is -0.362. The molecule has 3 atom stereocenters. The van der Waals surface area contributed by atoms with E-state index < -0.39 is 0 Å². The van der Waals surface area contributed by atoms with Gasteiger partial charge in [-0.05, 0) is 38.5 Å². The lowest BCUT2D eigenvalue weighted by atomic mass is 9.98. The minimum absolute atomic E-state index is 0.357. The van der Waals surface area contributed by atoms with Gasteiger partial charge in [-0.25, -0.2) is 14.8 Å². The Hall–Kier alpha value is -1.65. The molecule has 0 aromatic carbocycles. The van der Waals surface area contributed by atoms with Gasteiger partial charge in [-0.1, -0.05) is 13.8 Å². The molecule has 1 heterocycles. The van der Waals surface area contributed by atoms with E-state index in [1.165, 1.54) is 6.42 Å². The van der Waals surface area contributed by atoms with Gasteiger partial charge in [0.1, 0.15) is 0 Å². The van der Waals surface area contributed by atoms with Crippen molar-refractivity contribution in [2.45, 2.75) is 46.6 Å². The Morgan fingerprint density at radius 1 is 1.45 bits per heavy atom. The van der Waals surface area contributed by atoms with Crippen LogP contribution in [0, 0.1) is 18.8 Å². The first-order valence-electron chi connectivity index (χ1n) is 7.30. The monoisotopic (exact) mass is 277 g/mol. The summed E-state index contributed by atoms with van der Waals surface area (Å²) >= 11 is 0. The van der Waals surface area contributed by atoms with E-state index in [1.807, 2.05) is 0 Å². The van der Waals surface area contributed by atoms with Gasteiger partial charge in [-0.15, -0.1) is 0 Å². The van der Waals surface area contributed by atoms with Crippen LogP contribution in [0.3, 0.4) is 0 Å². The Balaban J connectivity index is 2.07. The lowest BCUT2D eigenvalue weighted by Crippen LogP contribution is -2.25. The van der Waals surface area contributed by atoms with Crippen LogP contribution in [0.4, 0.5) is 5.95 Å². The summed E-state index contributed by atoms with van der Waals surface area (Å²) in [7, 11) is 0. The second kappa shape index (κ2) is 6.20. The number of carbonyl (C=O) groups excluding carboxylic acids is 1. The Kier molecular flexibility index (Phi) is 4.57. The minimum Gasteiger partial charge on any atom is -0.462 e. The number of esters is 1. The van der Waals surface area contributed by atoms with Crippen LogP contribution in [0.5, 0.6) is 0 Å². The second-order valence-corrected chi connectivity index (χ2v) is 5.58. The number of ether oxygens (including phenoxy) is 1. The molecule has 0 amide bonds. The van der Waals surface area contributed by atoms with Crippen molar-refractivity contribution >= 4 is 11.9 Å². The molecule has 5 heteroatoms. The van der Waals surface area contributed by atoms with Crippen molar-refractivity contribution in [3.05, 3.63) is 17.5 Å². The van der Waals surface area contributed by atoms with Crippen molar-refractivity contribution in [3.63, 3.8) is 0 Å². The first-order valence-corrected chi connectivity index (χ1v) is 7.30. The first kappa shape index (κ1) is 14.8. The van der Waals surface area contributed by atoms with Crippen LogP contribution in [0.25, 0.3) is 0 Å². The molecule has 0 radical (unpaired) electrons. The first-order chi connectivity index (χ1) is 9.52. The topological polar surface area (TPSA) is 64.1 Å². The number of aryl methyl sites for hydroxylation is 1. The maximum atomic E-state index is 11.7. The highest BCUT2D eigenvalue weighted by molar-refractivity contribution is 5.90. The van der Waals surface area contributed by atoms with E-state index in [9.17, 15) is 4.79 Å². The number of carbonyl (C=O) groups is 1. The molecule has 1 aromatic rings. The van der Waals surface area contributed by atoms with Gasteiger partial charge in [0.2, 0.25) is 5.95 Å². The molecule has 5 nitrogen and oxygen atoms in total. The van der Waals surface area contributed by atoms with E-state index >= 15 is 0 Å². The quantitative estimate of drug-likeness (QED) is 0.857. The fourth-order valence-electron chi connectivity index (χ4n) is 2.68. The average molecular weight is 277 g/mol. The Morgan fingerprint density at radius 3 is 2.75 bits per heavy atom. The molecule has 0 spiro atoms. The van der Waals surface area contributed by atoms with Gasteiger partial charge in [-0.2, -0.15) is 0 Å². The predicted molar refractivity (Wildman–Crippen MR) is 77.7 cm³/mol. The molecule has 20 heavy (non-hydrogen) atoms. The van der Waals surface area contributed by atoms with E-state index in [1.54, 1.807) is 20.0 Å². The fraction of sp³-hybridized carbons (Fsp3) is 0.667. The van der Waals surface area contributed by atoms with Gasteiger partial charge in [-0.3, -0.25) is 0 Å². The molecule has 1 aliphatic rings. The SMILES string of the molecule is CCOC(=O)c1cnc(NC2CCC(C)C2C)nc1C. The van der Waals surface area contributed by atoms with Crippen LogP contribution in [0.15, 0.2) is 6.20 Å². The highest BCUT2D eigenvalue weighted by Gasteiger charge is 2.30. The number of aromatic nitrogens is 2. The van der Waals surface area contributed by atoms with Crippen molar-refractivity contribution in [2.75, 3.05) is 11.9 Å². The summed E-state index contributed by atoms with van der Waals surface area (Å²) in [6.45, 7) is 8.49. The third-order valence-corrected chi connectivity index (χ3v) is 4.25. The van der Waals surface area contributed by atoms with Crippen LogP contribution in [0.1, 0.15) is 49.7 Å². The molecular formula is C15H23N3O2. The third kappa shape index (κ3) is 3.08. The Bertz CT molecular complexity index is 490. The largest absolute Gasteiger partial charge is 0.462 e. The van der Waals surface area contributed by atoms with Gasteiger partial charge in [0.25, 0.3) is 0 Å². The number of anilines is 1. The molecule has 110 valence electrons. The molecule has 1 aromatic heterocycles. The Labute approximate surface area is 120 Å². The molecule has 0 saturated heterocycles. The van der Waals surface area contributed by atoms with E-state index in [4.69, 9.17) is 4.74 Å². The van der Waals surface area contributed by atoms with Crippen molar-refractivity contribution in [1.82, 2.24) is 9.97 Å². The highest BCUT2D eigenvalue weighted by Crippen LogP contribution is 2.32. The van der Waals surface area contributed by atoms with E-state index in [0.29, 0.717) is 35.8 Å². The van der Waals surface area contributed by atoms with Crippen molar-refractivity contribution in [1.29, 1.82) is 0 Å². The second-order valence-electron chi connectivity index (χ2n) is 5.58. The van der Waals surface area contributed by atoms with Gasteiger partial charge in [0.05, 0.1) is 17.9 Å². The average Bonchev–Trinajstić information content (AvgIpc) is 2.71. The zero-order chi connectivity index (χ0) is 14.7. The van der Waals surface area contributed by atoms with E-state index in [0.717, 1.165) is 12.3 Å². The van der Waals surface area contributed by atoms with E-state index in [-0.39, 0.29) is 5.97 Å². The van der Waals surface area contributed by atoms with Crippen LogP contribution in [-0.2, 0) is 4.74 Å². The summed E-state index contributed by atoms with van der Waals surface area (Å²) < 4.78 is 4.97. The van der Waals surface area contributed by atoms with Crippen LogP contribution < -0.4 is 5.32 Å². The maximum absolute atomic E-state index is 11.7. The Morgan fingerprint density at radius 2 is 2.20 bits per heavy atom. The van der Waals surface area contributed by atoms with Crippen molar-refractivity contribution in [2.24, 2.45) is 11.8 Å². The summed E-state index contributed by atoms with van der Waals surface area (Å²) in [6, 6.07) is 0.415. The maximum Gasteiger partial charge on any atom is 0.341 e. The summed E-state index contributed by atoms with van der Waals surface area (Å²) in [5.74, 6) is 1.58. The third-order valence-electron chi connectivity index (χ3n) is 4.25. The number of hydrogen-bond acceptors (Lipinski definition) is 5. The van der Waals surface area contributed by atoms with Gasteiger partial charge in [0.15, 0.2) is 0 Å². The molecule has 0 aliphatic heterocycles. The number of rotatable bonds is 4. The fourth-order valence-corrected chi connectivity index (χ4v) is 2.68. The molecule has 1 fully saturated rings. The molecular weight excluding hydrogens is 254 g/mol. The molecule has 2 rings (SSSR count). The molecule has 1 aliphatic carbocycles. The van der Waals surface area contributed by atoms with Crippen LogP contribution in [-0.4, -0.2) is 28.6 Å². The van der Waals surface area contributed by atoms with Gasteiger partial charge in [0, 0.05) is 12.2 Å². The lowest BCUT2D eigenvalue weighted by molar-refractivity contribution is 0.0524. The number of hydrogen-bond donors (Lipinski definition) is 1. The lowest BCUT2D eigenvalue weighted by Gasteiger charge is -2.19. The summed E-state index contributed by atoms with van der Waals surface area (Å²) in [6.07, 6.45) is 3.93. The van der Waals surface area contributed by atoms with Gasteiger partial charge < -0.3 is 10.1 Å². The standard InChI is InChI=1S/C15H23N3O2/c1-5-20-14(19)12-8-16-15(17-11(12)4)18-13-7-6-9(2)10(13)3/h8-10,13H,5-7H2,1-4H3,(H,16,17,18). The van der Waals surface area contributed by atoms with Crippen LogP contribution in [0.2, 0.25) is 0 Å². The van der Waals surface area contributed by atoms with Crippen LogP contribution >= 0.6 is 0 Å². The summed E-state index contributed by atoms with van der Waals surface area (Å²) in [5.41, 5.74) is 1.09. The molecule has 1 saturated carbocycles. The van der Waals surface area contributed by atoms with Gasteiger partial charge >= 0.3 is 5.97 Å². The number of nitrogens with one attached hydrogen (secondary N) is 1. The number of nitrogens with zero attached hydrogens (tertiary/aromatic N) is 2. The van der Waals surface area contributed by atoms with E-state index in [2.05, 4.69) is 29.1 Å². The summed E-state index contributed by atoms with van der Waals surface area (Å²) in [5, 5.41) is 3.39.